The van der Waals surface area contributed by atoms with Crippen LogP contribution in [0.3, 0.4) is 0 Å². The molecule has 0 unspecified atom stereocenters. The van der Waals surface area contributed by atoms with Crippen molar-refractivity contribution in [3.05, 3.63) is 52.2 Å². The van der Waals surface area contributed by atoms with Crippen molar-refractivity contribution in [1.29, 1.82) is 0 Å². The Morgan fingerprint density at radius 3 is 2.69 bits per heavy atom. The maximum Gasteiger partial charge on any atom is 0.340 e. The Balaban J connectivity index is 1.55. The van der Waals surface area contributed by atoms with Crippen molar-refractivity contribution >= 4 is 29.1 Å². The fraction of sp³-hybridized carbons (Fsp3) is 0.316. The third kappa shape index (κ3) is 5.64. The third-order valence-electron chi connectivity index (χ3n) is 4.01. The topological polar surface area (TPSA) is 133 Å². The van der Waals surface area contributed by atoms with Gasteiger partial charge in [0.05, 0.1) is 23.2 Å². The first-order valence-corrected chi connectivity index (χ1v) is 9.07. The maximum absolute atomic E-state index is 12.1. The Bertz CT molecular complexity index is 911. The molecule has 0 radical (unpaired) electrons. The average Bonchev–Trinajstić information content (AvgIpc) is 3.52. The molecule has 0 aliphatic heterocycles. The number of benzene rings is 1. The summed E-state index contributed by atoms with van der Waals surface area (Å²) >= 11 is 0. The number of amides is 1. The lowest BCUT2D eigenvalue weighted by atomic mass is 10.2. The zero-order valence-electron chi connectivity index (χ0n) is 15.7. The second-order valence-corrected chi connectivity index (χ2v) is 6.34. The summed E-state index contributed by atoms with van der Waals surface area (Å²) in [5.74, 6) is -0.433. The van der Waals surface area contributed by atoms with Crippen LogP contribution in [0.15, 0.2) is 36.5 Å². The van der Waals surface area contributed by atoms with Gasteiger partial charge >= 0.3 is 5.97 Å². The highest BCUT2D eigenvalue weighted by Crippen LogP contribution is 2.29. The molecule has 1 aromatic heterocycles. The average molecular weight is 400 g/mol. The summed E-state index contributed by atoms with van der Waals surface area (Å²) in [7, 11) is 0. The van der Waals surface area contributed by atoms with E-state index >= 15 is 0 Å². The first-order chi connectivity index (χ1) is 14.0. The Morgan fingerprint density at radius 1 is 1.28 bits per heavy atom. The van der Waals surface area contributed by atoms with E-state index in [2.05, 4.69) is 15.6 Å². The van der Waals surface area contributed by atoms with E-state index in [0.717, 1.165) is 12.8 Å². The highest BCUT2D eigenvalue weighted by atomic mass is 16.6. The molecule has 1 saturated carbocycles. The SMILES string of the molecule is CCOc1ccc(NC(=O)COC(=O)c2ccc(NC3CC3)nc2)c([N+](=O)[O-])c1. The van der Waals surface area contributed by atoms with Gasteiger partial charge < -0.3 is 20.1 Å². The summed E-state index contributed by atoms with van der Waals surface area (Å²) in [5.41, 5.74) is -0.138. The molecule has 0 bridgehead atoms. The van der Waals surface area contributed by atoms with Gasteiger partial charge in [0.25, 0.3) is 11.6 Å². The molecule has 29 heavy (non-hydrogen) atoms. The van der Waals surface area contributed by atoms with Gasteiger partial charge in [-0.25, -0.2) is 9.78 Å². The van der Waals surface area contributed by atoms with E-state index in [1.165, 1.54) is 24.4 Å². The zero-order valence-corrected chi connectivity index (χ0v) is 15.7. The molecule has 2 N–H and O–H groups in total. The Labute approximate surface area is 166 Å². The number of anilines is 2. The Kier molecular flexibility index (Phi) is 6.22. The summed E-state index contributed by atoms with van der Waals surface area (Å²) in [6.07, 6.45) is 3.57. The maximum atomic E-state index is 12.1. The van der Waals surface area contributed by atoms with Crippen LogP contribution < -0.4 is 15.4 Å². The first-order valence-electron chi connectivity index (χ1n) is 9.07. The number of nitro groups is 1. The van der Waals surface area contributed by atoms with Gasteiger partial charge in [-0.05, 0) is 44.0 Å². The molecule has 1 heterocycles. The van der Waals surface area contributed by atoms with Gasteiger partial charge in [-0.1, -0.05) is 0 Å². The van der Waals surface area contributed by atoms with Crippen LogP contribution in [0.4, 0.5) is 17.2 Å². The van der Waals surface area contributed by atoms with Gasteiger partial charge in [-0.2, -0.15) is 0 Å². The van der Waals surface area contributed by atoms with Crippen LogP contribution in [-0.2, 0) is 9.53 Å². The molecular formula is C19H20N4O6. The number of carbonyl (C=O) groups excluding carboxylic acids is 2. The predicted octanol–water partition coefficient (Wildman–Crippen LogP) is 2.76. The Hall–Kier alpha value is -3.69. The van der Waals surface area contributed by atoms with Crippen LogP contribution in [0.5, 0.6) is 5.75 Å². The van der Waals surface area contributed by atoms with Crippen LogP contribution in [0, 0.1) is 10.1 Å². The molecule has 0 spiro atoms. The van der Waals surface area contributed by atoms with E-state index in [1.807, 2.05) is 0 Å². The van der Waals surface area contributed by atoms with Gasteiger partial charge in [0.1, 0.15) is 17.3 Å². The quantitative estimate of drug-likeness (QED) is 0.373. The van der Waals surface area contributed by atoms with Crippen LogP contribution in [0.25, 0.3) is 0 Å². The van der Waals surface area contributed by atoms with E-state index in [1.54, 1.807) is 19.1 Å². The molecule has 1 aliphatic rings. The van der Waals surface area contributed by atoms with Crippen LogP contribution >= 0.6 is 0 Å². The molecule has 1 aliphatic carbocycles. The molecule has 0 atom stereocenters. The van der Waals surface area contributed by atoms with Crippen molar-refractivity contribution in [1.82, 2.24) is 4.98 Å². The minimum atomic E-state index is -0.716. The summed E-state index contributed by atoms with van der Waals surface area (Å²) in [4.78, 5) is 38.8. The van der Waals surface area contributed by atoms with Crippen molar-refractivity contribution in [2.75, 3.05) is 23.8 Å². The van der Waals surface area contributed by atoms with Gasteiger partial charge in [0, 0.05) is 12.2 Å². The first kappa shape index (κ1) is 20.1. The van der Waals surface area contributed by atoms with Gasteiger partial charge in [0.15, 0.2) is 6.61 Å². The largest absolute Gasteiger partial charge is 0.494 e. The van der Waals surface area contributed by atoms with Crippen LogP contribution in [0.1, 0.15) is 30.1 Å². The highest BCUT2D eigenvalue weighted by Gasteiger charge is 2.21. The Morgan fingerprint density at radius 2 is 2.07 bits per heavy atom. The van der Waals surface area contributed by atoms with Crippen molar-refractivity contribution < 1.29 is 24.0 Å². The third-order valence-corrected chi connectivity index (χ3v) is 4.01. The normalized spacial score (nSPS) is 12.7. The molecule has 2 aromatic rings. The van der Waals surface area contributed by atoms with E-state index < -0.39 is 23.4 Å². The minimum absolute atomic E-state index is 0.0170. The summed E-state index contributed by atoms with van der Waals surface area (Å²) in [6.45, 7) is 1.51. The number of esters is 1. The summed E-state index contributed by atoms with van der Waals surface area (Å²) < 4.78 is 10.2. The molecule has 3 rings (SSSR count). The fourth-order valence-corrected chi connectivity index (χ4v) is 2.46. The number of nitro benzene ring substituents is 1. The van der Waals surface area contributed by atoms with E-state index in [9.17, 15) is 19.7 Å². The zero-order chi connectivity index (χ0) is 20.8. The number of pyridine rings is 1. The van der Waals surface area contributed by atoms with Crippen molar-refractivity contribution in [3.63, 3.8) is 0 Å². The van der Waals surface area contributed by atoms with E-state index in [-0.39, 0.29) is 16.9 Å². The smallest absolute Gasteiger partial charge is 0.340 e. The molecule has 152 valence electrons. The second-order valence-electron chi connectivity index (χ2n) is 6.34. The van der Waals surface area contributed by atoms with Crippen molar-refractivity contribution in [2.45, 2.75) is 25.8 Å². The number of nitrogens with zero attached hydrogens (tertiary/aromatic N) is 2. The summed E-state index contributed by atoms with van der Waals surface area (Å²) in [6, 6.07) is 7.73. The number of hydrogen-bond acceptors (Lipinski definition) is 8. The molecule has 1 aromatic carbocycles. The fourth-order valence-electron chi connectivity index (χ4n) is 2.46. The lowest BCUT2D eigenvalue weighted by Crippen LogP contribution is -2.21. The number of aromatic nitrogens is 1. The number of carbonyl (C=O) groups is 2. The monoisotopic (exact) mass is 400 g/mol. The van der Waals surface area contributed by atoms with Gasteiger partial charge in [-0.15, -0.1) is 0 Å². The molecular weight excluding hydrogens is 380 g/mol. The molecule has 0 saturated heterocycles. The highest BCUT2D eigenvalue weighted by molar-refractivity contribution is 5.96. The number of nitrogens with one attached hydrogen (secondary N) is 2. The standard InChI is InChI=1S/C19H20N4O6/c1-2-28-14-6-7-15(16(9-14)23(26)27)22-18(24)11-29-19(25)12-3-8-17(20-10-12)21-13-4-5-13/h3,6-10,13H,2,4-5,11H2,1H3,(H,20,21)(H,22,24). The van der Waals surface area contributed by atoms with Gasteiger partial charge in [-0.3, -0.25) is 14.9 Å². The predicted molar refractivity (Wildman–Crippen MR) is 104 cm³/mol. The molecule has 1 fully saturated rings. The van der Waals surface area contributed by atoms with E-state index in [0.29, 0.717) is 24.2 Å². The molecule has 10 nitrogen and oxygen atoms in total. The van der Waals surface area contributed by atoms with Crippen molar-refractivity contribution in [3.8, 4) is 5.75 Å². The van der Waals surface area contributed by atoms with Crippen molar-refractivity contribution in [2.24, 2.45) is 0 Å². The molecule has 10 heteroatoms. The lowest BCUT2D eigenvalue weighted by Gasteiger charge is -2.09. The van der Waals surface area contributed by atoms with Crippen LogP contribution in [-0.4, -0.2) is 41.0 Å². The minimum Gasteiger partial charge on any atom is -0.494 e. The lowest BCUT2D eigenvalue weighted by molar-refractivity contribution is -0.384. The number of ether oxygens (including phenoxy) is 2. The van der Waals surface area contributed by atoms with Gasteiger partial charge in [0.2, 0.25) is 0 Å². The van der Waals surface area contributed by atoms with E-state index in [4.69, 9.17) is 9.47 Å². The van der Waals surface area contributed by atoms with Crippen LogP contribution in [0.2, 0.25) is 0 Å². The summed E-state index contributed by atoms with van der Waals surface area (Å²) in [5, 5.41) is 16.8. The number of hydrogen-bond donors (Lipinski definition) is 2. The second kappa shape index (κ2) is 9.00. The number of rotatable bonds is 9. The molecule has 1 amide bonds.